The molecule has 2 aromatic carbocycles. The van der Waals surface area contributed by atoms with Gasteiger partial charge in [0.1, 0.15) is 23.9 Å². The van der Waals surface area contributed by atoms with E-state index in [-0.39, 0.29) is 23.3 Å². The number of piperazine rings is 1. The van der Waals surface area contributed by atoms with Gasteiger partial charge in [-0.25, -0.2) is 0 Å². The summed E-state index contributed by atoms with van der Waals surface area (Å²) in [6.45, 7) is 4.41. The fraction of sp³-hybridized carbons (Fsp3) is 0.409. The molecule has 154 valence electrons. The van der Waals surface area contributed by atoms with Crippen molar-refractivity contribution in [2.75, 3.05) is 51.8 Å². The Kier molecular flexibility index (Phi) is 5.49. The Morgan fingerprint density at radius 2 is 2.00 bits per heavy atom. The second kappa shape index (κ2) is 8.21. The number of benzene rings is 2. The number of carbonyl (C=O) groups excluding carboxylic acids is 1. The predicted molar refractivity (Wildman–Crippen MR) is 111 cm³/mol. The van der Waals surface area contributed by atoms with Gasteiger partial charge in [-0.3, -0.25) is 4.79 Å². The minimum absolute atomic E-state index is 0.0999. The summed E-state index contributed by atoms with van der Waals surface area (Å²) < 4.78 is 11.0. The number of nitrogens with one attached hydrogen (secondary N) is 1. The lowest BCUT2D eigenvalue weighted by atomic mass is 9.99. The second-order valence-corrected chi connectivity index (χ2v) is 7.61. The van der Waals surface area contributed by atoms with E-state index >= 15 is 0 Å². The molecule has 4 rings (SSSR count). The normalized spacial score (nSPS) is 19.2. The van der Waals surface area contributed by atoms with Gasteiger partial charge in [0.15, 0.2) is 0 Å². The summed E-state index contributed by atoms with van der Waals surface area (Å²) in [5, 5.41) is 13.1. The molecule has 0 spiro atoms. The summed E-state index contributed by atoms with van der Waals surface area (Å²) in [4.78, 5) is 17.4. The molecule has 1 fully saturated rings. The molecule has 0 aromatic heterocycles. The molecule has 2 aliphatic heterocycles. The molecule has 2 heterocycles. The molecule has 2 aliphatic rings. The largest absolute Gasteiger partial charge is 0.507 e. The van der Waals surface area contributed by atoms with Crippen molar-refractivity contribution < 1.29 is 19.4 Å². The van der Waals surface area contributed by atoms with E-state index < -0.39 is 0 Å². The molecule has 1 atom stereocenters. The van der Waals surface area contributed by atoms with Crippen LogP contribution in [0.1, 0.15) is 15.9 Å². The number of hydrogen-bond acceptors (Lipinski definition) is 6. The molecule has 29 heavy (non-hydrogen) atoms. The Labute approximate surface area is 170 Å². The number of phenols is 1. The topological polar surface area (TPSA) is 74.3 Å². The fourth-order valence-corrected chi connectivity index (χ4v) is 3.92. The van der Waals surface area contributed by atoms with Gasteiger partial charge in [0, 0.05) is 49.9 Å². The van der Waals surface area contributed by atoms with Crippen molar-refractivity contribution in [2.24, 2.45) is 0 Å². The minimum Gasteiger partial charge on any atom is -0.507 e. The first kappa shape index (κ1) is 19.4. The highest BCUT2D eigenvalue weighted by atomic mass is 16.5. The lowest BCUT2D eigenvalue weighted by molar-refractivity contribution is 0.0912. The molecule has 0 saturated carbocycles. The third kappa shape index (κ3) is 4.10. The molecular formula is C22H27N3O4. The molecule has 2 aromatic rings. The van der Waals surface area contributed by atoms with Gasteiger partial charge in [-0.05, 0) is 31.3 Å². The van der Waals surface area contributed by atoms with Crippen molar-refractivity contribution in [3.8, 4) is 17.2 Å². The minimum atomic E-state index is -0.320. The van der Waals surface area contributed by atoms with Gasteiger partial charge in [-0.1, -0.05) is 6.07 Å². The maximum absolute atomic E-state index is 12.7. The maximum atomic E-state index is 12.7. The van der Waals surface area contributed by atoms with Crippen LogP contribution < -0.4 is 19.7 Å². The van der Waals surface area contributed by atoms with Crippen LogP contribution in [0.3, 0.4) is 0 Å². The van der Waals surface area contributed by atoms with Crippen molar-refractivity contribution >= 4 is 11.6 Å². The summed E-state index contributed by atoms with van der Waals surface area (Å²) in [6.07, 6.45) is 0.695. The highest BCUT2D eigenvalue weighted by Gasteiger charge is 2.27. The zero-order chi connectivity index (χ0) is 20.4. The van der Waals surface area contributed by atoms with Crippen molar-refractivity contribution in [3.05, 3.63) is 47.5 Å². The number of fused-ring (bicyclic) bond motifs is 1. The number of amides is 1. The molecule has 1 saturated heterocycles. The number of likely N-dealkylation sites (N-methyl/N-ethyl adjacent to an activating group) is 1. The quantitative estimate of drug-likeness (QED) is 0.821. The van der Waals surface area contributed by atoms with E-state index in [2.05, 4.69) is 28.2 Å². The first-order chi connectivity index (χ1) is 14.0. The number of anilines is 1. The summed E-state index contributed by atoms with van der Waals surface area (Å²) in [7, 11) is 3.66. The van der Waals surface area contributed by atoms with Gasteiger partial charge in [0.05, 0.1) is 18.7 Å². The SMILES string of the molecule is COc1ccc(C(=O)N[C@@H]2COc3cccc(N4CCN(C)CC4)c3C2)c(O)c1. The standard InChI is InChI=1S/C22H27N3O4/c1-24-8-10-25(11-9-24)19-4-3-5-21-18(19)12-15(14-29-21)23-22(27)17-7-6-16(28-2)13-20(17)26/h3-7,13,15,26H,8-12,14H2,1-2H3,(H,23,27)/t15-/m0/s1. The smallest absolute Gasteiger partial charge is 0.255 e. The van der Waals surface area contributed by atoms with Crippen LogP contribution in [-0.4, -0.2) is 68.9 Å². The van der Waals surface area contributed by atoms with Crippen LogP contribution in [0.5, 0.6) is 17.2 Å². The number of phenolic OH excluding ortho intramolecular Hbond substituents is 1. The van der Waals surface area contributed by atoms with Crippen LogP contribution in [-0.2, 0) is 6.42 Å². The van der Waals surface area contributed by atoms with E-state index in [1.54, 1.807) is 12.1 Å². The monoisotopic (exact) mass is 397 g/mol. The van der Waals surface area contributed by atoms with Crippen LogP contribution in [0.25, 0.3) is 0 Å². The van der Waals surface area contributed by atoms with Gasteiger partial charge < -0.3 is 29.7 Å². The van der Waals surface area contributed by atoms with Crippen LogP contribution in [0.2, 0.25) is 0 Å². The van der Waals surface area contributed by atoms with Crippen LogP contribution >= 0.6 is 0 Å². The zero-order valence-electron chi connectivity index (χ0n) is 16.9. The Balaban J connectivity index is 1.49. The van der Waals surface area contributed by atoms with Crippen molar-refractivity contribution in [1.82, 2.24) is 10.2 Å². The lowest BCUT2D eigenvalue weighted by Crippen LogP contribution is -2.46. The van der Waals surface area contributed by atoms with E-state index in [0.29, 0.717) is 18.8 Å². The molecule has 2 N–H and O–H groups in total. The number of methoxy groups -OCH3 is 1. The molecule has 1 amide bonds. The Morgan fingerprint density at radius 1 is 1.21 bits per heavy atom. The number of hydrogen-bond donors (Lipinski definition) is 2. The molecule has 0 radical (unpaired) electrons. The Bertz CT molecular complexity index is 894. The van der Waals surface area contributed by atoms with Crippen molar-refractivity contribution in [1.29, 1.82) is 0 Å². The third-order valence-corrected chi connectivity index (χ3v) is 5.63. The molecule has 0 bridgehead atoms. The Morgan fingerprint density at radius 3 is 2.72 bits per heavy atom. The van der Waals surface area contributed by atoms with Crippen molar-refractivity contribution in [2.45, 2.75) is 12.5 Å². The van der Waals surface area contributed by atoms with Crippen LogP contribution in [0, 0.1) is 0 Å². The fourth-order valence-electron chi connectivity index (χ4n) is 3.92. The highest BCUT2D eigenvalue weighted by Crippen LogP contribution is 2.34. The summed E-state index contributed by atoms with van der Waals surface area (Å²) in [5.74, 6) is 0.974. The summed E-state index contributed by atoms with van der Waals surface area (Å²) >= 11 is 0. The first-order valence-electron chi connectivity index (χ1n) is 9.91. The zero-order valence-corrected chi connectivity index (χ0v) is 16.9. The third-order valence-electron chi connectivity index (χ3n) is 5.63. The Hall–Kier alpha value is -2.93. The average Bonchev–Trinajstić information content (AvgIpc) is 2.73. The molecule has 7 nitrogen and oxygen atoms in total. The van der Waals surface area contributed by atoms with Gasteiger partial charge >= 0.3 is 0 Å². The van der Waals surface area contributed by atoms with E-state index in [9.17, 15) is 9.90 Å². The number of nitrogens with zero attached hydrogens (tertiary/aromatic N) is 2. The molecule has 7 heteroatoms. The number of aromatic hydroxyl groups is 1. The molecule has 0 unspecified atom stereocenters. The maximum Gasteiger partial charge on any atom is 0.255 e. The molecular weight excluding hydrogens is 370 g/mol. The van der Waals surface area contributed by atoms with Crippen LogP contribution in [0.15, 0.2) is 36.4 Å². The van der Waals surface area contributed by atoms with E-state index in [1.807, 2.05) is 12.1 Å². The molecule has 0 aliphatic carbocycles. The van der Waals surface area contributed by atoms with Crippen molar-refractivity contribution in [3.63, 3.8) is 0 Å². The van der Waals surface area contributed by atoms with E-state index in [1.165, 1.54) is 18.9 Å². The van der Waals surface area contributed by atoms with Crippen LogP contribution in [0.4, 0.5) is 5.69 Å². The predicted octanol–water partition coefficient (Wildman–Crippen LogP) is 1.89. The van der Waals surface area contributed by atoms with Gasteiger partial charge in [-0.15, -0.1) is 0 Å². The number of rotatable bonds is 4. The summed E-state index contributed by atoms with van der Waals surface area (Å²) in [6, 6.07) is 10.7. The van der Waals surface area contributed by atoms with Gasteiger partial charge in [0.25, 0.3) is 5.91 Å². The summed E-state index contributed by atoms with van der Waals surface area (Å²) in [5.41, 5.74) is 2.54. The highest BCUT2D eigenvalue weighted by molar-refractivity contribution is 5.97. The van der Waals surface area contributed by atoms with E-state index in [0.717, 1.165) is 37.5 Å². The lowest BCUT2D eigenvalue weighted by Gasteiger charge is -2.37. The number of carbonyl (C=O) groups is 1. The van der Waals surface area contributed by atoms with Gasteiger partial charge in [0.2, 0.25) is 0 Å². The second-order valence-electron chi connectivity index (χ2n) is 7.61. The van der Waals surface area contributed by atoms with E-state index in [4.69, 9.17) is 9.47 Å². The first-order valence-corrected chi connectivity index (χ1v) is 9.91. The number of ether oxygens (including phenoxy) is 2. The van der Waals surface area contributed by atoms with Gasteiger partial charge in [-0.2, -0.15) is 0 Å². The average molecular weight is 397 g/mol.